The largest absolute Gasteiger partial charge is 0.508 e. The molecule has 2 fully saturated rings. The van der Waals surface area contributed by atoms with E-state index in [1.807, 2.05) is 0 Å². The number of carbonyl (C=O) groups is 3. The zero-order valence-electron chi connectivity index (χ0n) is 17.8. The summed E-state index contributed by atoms with van der Waals surface area (Å²) in [4.78, 5) is 35.9. The van der Waals surface area contributed by atoms with Gasteiger partial charge in [0, 0.05) is 35.2 Å². The highest BCUT2D eigenvalue weighted by molar-refractivity contribution is 6.01. The van der Waals surface area contributed by atoms with Crippen LogP contribution in [-0.2, 0) is 19.1 Å². The highest BCUT2D eigenvalue weighted by Crippen LogP contribution is 2.67. The molecule has 4 aliphatic rings. The Balaban J connectivity index is 1.79. The SMILES string of the molecule is CC(=O)OCC(=O)[C@@]1(O)CC[C@H]2[C@@H]3C(O)=C(O)C4=CC(=O)C=C[C@]4(C)[C@H]3[C@@H](O)C[C@@]21C. The van der Waals surface area contributed by atoms with Gasteiger partial charge in [-0.05, 0) is 37.3 Å². The maximum Gasteiger partial charge on any atom is 0.303 e. The van der Waals surface area contributed by atoms with E-state index in [0.717, 1.165) is 0 Å². The van der Waals surface area contributed by atoms with Crippen LogP contribution in [0.4, 0.5) is 0 Å². The van der Waals surface area contributed by atoms with Crippen molar-refractivity contribution in [1.82, 2.24) is 0 Å². The lowest BCUT2D eigenvalue weighted by molar-refractivity contribution is -0.179. The number of Topliss-reactive ketones (excluding diaryl/α,β-unsaturated/α-hetero) is 1. The lowest BCUT2D eigenvalue weighted by atomic mass is 9.47. The third-order valence-corrected chi connectivity index (χ3v) is 8.28. The number of carbonyl (C=O) groups excluding carboxylic acids is 3. The minimum absolute atomic E-state index is 0.0832. The Bertz CT molecular complexity index is 961. The van der Waals surface area contributed by atoms with Gasteiger partial charge >= 0.3 is 5.97 Å². The summed E-state index contributed by atoms with van der Waals surface area (Å²) < 4.78 is 4.82. The number of ether oxygens (including phenoxy) is 1. The first-order valence-corrected chi connectivity index (χ1v) is 10.5. The first kappa shape index (κ1) is 21.8. The van der Waals surface area contributed by atoms with Crippen LogP contribution in [0.15, 0.2) is 35.3 Å². The summed E-state index contributed by atoms with van der Waals surface area (Å²) in [5.41, 5.74) is -3.58. The first-order valence-electron chi connectivity index (χ1n) is 10.5. The molecule has 0 aliphatic heterocycles. The summed E-state index contributed by atoms with van der Waals surface area (Å²) in [6.45, 7) is 4.11. The molecular formula is C23H28O8. The molecule has 31 heavy (non-hydrogen) atoms. The minimum Gasteiger partial charge on any atom is -0.508 e. The van der Waals surface area contributed by atoms with Gasteiger partial charge in [0.15, 0.2) is 18.1 Å². The second-order valence-electron chi connectivity index (χ2n) is 9.76. The number of hydrogen-bond acceptors (Lipinski definition) is 8. The number of aliphatic hydroxyl groups is 4. The zero-order chi connectivity index (χ0) is 22.9. The maximum absolute atomic E-state index is 12.9. The molecule has 0 aromatic carbocycles. The molecule has 0 aromatic heterocycles. The van der Waals surface area contributed by atoms with Crippen molar-refractivity contribution in [3.8, 4) is 0 Å². The second-order valence-corrected chi connectivity index (χ2v) is 9.76. The van der Waals surface area contributed by atoms with Crippen molar-refractivity contribution in [3.05, 3.63) is 35.3 Å². The molecule has 8 heteroatoms. The molecule has 0 saturated heterocycles. The highest BCUT2D eigenvalue weighted by atomic mass is 16.5. The molecule has 0 radical (unpaired) electrons. The summed E-state index contributed by atoms with van der Waals surface area (Å²) in [7, 11) is 0. The van der Waals surface area contributed by atoms with E-state index in [0.29, 0.717) is 6.42 Å². The topological polar surface area (TPSA) is 141 Å². The number of ketones is 2. The fourth-order valence-corrected chi connectivity index (χ4v) is 6.70. The predicted molar refractivity (Wildman–Crippen MR) is 108 cm³/mol. The van der Waals surface area contributed by atoms with E-state index in [-0.39, 0.29) is 35.7 Å². The van der Waals surface area contributed by atoms with Crippen molar-refractivity contribution in [2.24, 2.45) is 28.6 Å². The summed E-state index contributed by atoms with van der Waals surface area (Å²) in [6.07, 6.45) is 3.84. The van der Waals surface area contributed by atoms with Crippen molar-refractivity contribution in [3.63, 3.8) is 0 Å². The smallest absolute Gasteiger partial charge is 0.303 e. The molecule has 2 saturated carbocycles. The Morgan fingerprint density at radius 2 is 1.94 bits per heavy atom. The summed E-state index contributed by atoms with van der Waals surface area (Å²) in [6, 6.07) is 0. The minimum atomic E-state index is -1.84. The molecule has 4 aliphatic carbocycles. The van der Waals surface area contributed by atoms with Crippen LogP contribution >= 0.6 is 0 Å². The van der Waals surface area contributed by atoms with Gasteiger partial charge in [0.05, 0.1) is 6.10 Å². The molecule has 8 nitrogen and oxygen atoms in total. The number of esters is 1. The van der Waals surface area contributed by atoms with Gasteiger partial charge < -0.3 is 25.2 Å². The van der Waals surface area contributed by atoms with Gasteiger partial charge in [0.1, 0.15) is 11.4 Å². The molecular weight excluding hydrogens is 404 g/mol. The Kier molecular flexibility index (Phi) is 4.76. The zero-order valence-corrected chi connectivity index (χ0v) is 17.8. The molecule has 4 rings (SSSR count). The van der Waals surface area contributed by atoms with Gasteiger partial charge in [-0.2, -0.15) is 0 Å². The van der Waals surface area contributed by atoms with Gasteiger partial charge in [0.2, 0.25) is 5.78 Å². The molecule has 0 amide bonds. The van der Waals surface area contributed by atoms with Gasteiger partial charge in [-0.25, -0.2) is 0 Å². The normalized spacial score (nSPS) is 43.6. The van der Waals surface area contributed by atoms with E-state index < -0.39 is 58.6 Å². The Labute approximate surface area is 179 Å². The van der Waals surface area contributed by atoms with Crippen molar-refractivity contribution in [1.29, 1.82) is 0 Å². The molecule has 168 valence electrons. The first-order chi connectivity index (χ1) is 14.4. The van der Waals surface area contributed by atoms with Gasteiger partial charge in [-0.3, -0.25) is 14.4 Å². The molecule has 0 bridgehead atoms. The predicted octanol–water partition coefficient (Wildman–Crippen LogP) is 1.68. The Morgan fingerprint density at radius 1 is 1.26 bits per heavy atom. The van der Waals surface area contributed by atoms with Gasteiger partial charge in [0.25, 0.3) is 0 Å². The van der Waals surface area contributed by atoms with Crippen LogP contribution < -0.4 is 0 Å². The molecule has 0 heterocycles. The van der Waals surface area contributed by atoms with E-state index in [2.05, 4.69) is 0 Å². The quantitative estimate of drug-likeness (QED) is 0.494. The lowest BCUT2D eigenvalue weighted by Crippen LogP contribution is -2.62. The average Bonchev–Trinajstić information content (AvgIpc) is 2.96. The summed E-state index contributed by atoms with van der Waals surface area (Å²) >= 11 is 0. The monoisotopic (exact) mass is 432 g/mol. The number of aliphatic hydroxyl groups excluding tert-OH is 3. The van der Waals surface area contributed by atoms with E-state index >= 15 is 0 Å². The second kappa shape index (κ2) is 6.77. The molecule has 0 unspecified atom stereocenters. The third kappa shape index (κ3) is 2.77. The molecule has 7 atom stereocenters. The third-order valence-electron chi connectivity index (χ3n) is 8.28. The number of rotatable bonds is 3. The summed E-state index contributed by atoms with van der Waals surface area (Å²) in [5.74, 6) is -4.00. The molecule has 0 aromatic rings. The van der Waals surface area contributed by atoms with E-state index in [9.17, 15) is 34.8 Å². The number of hydrogen-bond donors (Lipinski definition) is 4. The van der Waals surface area contributed by atoms with Crippen LogP contribution in [0.5, 0.6) is 0 Å². The lowest BCUT2D eigenvalue weighted by Gasteiger charge is -2.58. The number of fused-ring (bicyclic) bond motifs is 5. The summed E-state index contributed by atoms with van der Waals surface area (Å²) in [5, 5.41) is 44.4. The van der Waals surface area contributed by atoms with E-state index in [1.54, 1.807) is 19.9 Å². The van der Waals surface area contributed by atoms with E-state index in [4.69, 9.17) is 4.74 Å². The van der Waals surface area contributed by atoms with Crippen molar-refractivity contribution >= 4 is 17.5 Å². The van der Waals surface area contributed by atoms with Crippen LogP contribution in [0.25, 0.3) is 0 Å². The van der Waals surface area contributed by atoms with Crippen molar-refractivity contribution in [2.45, 2.75) is 51.7 Å². The highest BCUT2D eigenvalue weighted by Gasteiger charge is 2.69. The van der Waals surface area contributed by atoms with E-state index in [1.165, 1.54) is 19.1 Å². The fourth-order valence-electron chi connectivity index (χ4n) is 6.70. The fraction of sp³-hybridized carbons (Fsp3) is 0.609. The van der Waals surface area contributed by atoms with Gasteiger partial charge in [-0.15, -0.1) is 0 Å². The van der Waals surface area contributed by atoms with Crippen LogP contribution in [0, 0.1) is 28.6 Å². The Morgan fingerprint density at radius 3 is 2.58 bits per heavy atom. The molecule has 4 N–H and O–H groups in total. The number of allylic oxidation sites excluding steroid dienone is 5. The van der Waals surface area contributed by atoms with Crippen LogP contribution in [0.2, 0.25) is 0 Å². The van der Waals surface area contributed by atoms with Crippen LogP contribution in [-0.4, -0.2) is 56.3 Å². The van der Waals surface area contributed by atoms with Crippen molar-refractivity contribution < 1.29 is 39.5 Å². The van der Waals surface area contributed by atoms with Crippen molar-refractivity contribution in [2.75, 3.05) is 6.61 Å². The van der Waals surface area contributed by atoms with Gasteiger partial charge in [-0.1, -0.05) is 19.9 Å². The van der Waals surface area contributed by atoms with Crippen LogP contribution in [0.3, 0.4) is 0 Å². The molecule has 0 spiro atoms. The van der Waals surface area contributed by atoms with Crippen LogP contribution in [0.1, 0.15) is 40.0 Å². The average molecular weight is 432 g/mol. The standard InChI is InChI=1S/C23H28O8/c1-11(24)31-10-16(27)23(30)7-5-13-17-18(15(26)9-22(13,23)3)21(2)6-4-12(25)8-14(21)19(28)20(17)29/h4,6,8,13,15,17-18,26,28-30H,5,7,9-10H2,1-3H3/t13-,15-,17-,18-,21-,22-,23-/m0/s1. The maximum atomic E-state index is 12.9. The Hall–Kier alpha value is -2.45.